The number of rotatable bonds is 1. The third-order valence-electron chi connectivity index (χ3n) is 3.17. The normalized spacial score (nSPS) is 34.5. The molecule has 0 saturated carbocycles. The summed E-state index contributed by atoms with van der Waals surface area (Å²) in [4.78, 5) is 0. The van der Waals surface area contributed by atoms with Gasteiger partial charge < -0.3 is 0 Å². The van der Waals surface area contributed by atoms with Gasteiger partial charge in [-0.2, -0.15) is 0 Å². The van der Waals surface area contributed by atoms with Crippen molar-refractivity contribution in [2.24, 2.45) is 0 Å². The molecule has 86 valence electrons. The Morgan fingerprint density at radius 1 is 1.00 bits per heavy atom. The van der Waals surface area contributed by atoms with Crippen LogP contribution in [-0.2, 0) is 11.8 Å². The van der Waals surface area contributed by atoms with E-state index >= 15 is 0 Å². The lowest BCUT2D eigenvalue weighted by molar-refractivity contribution is 1.26. The summed E-state index contributed by atoms with van der Waals surface area (Å²) in [6.45, 7) is 4.36. The van der Waals surface area contributed by atoms with Crippen LogP contribution in [0.5, 0.6) is 0 Å². The summed E-state index contributed by atoms with van der Waals surface area (Å²) in [6, 6.07) is 8.89. The molecule has 0 fully saturated rings. The van der Waals surface area contributed by atoms with Crippen LogP contribution in [0.15, 0.2) is 41.5 Å². The van der Waals surface area contributed by atoms with Crippen molar-refractivity contribution in [2.45, 2.75) is 23.0 Å². The van der Waals surface area contributed by atoms with E-state index in [9.17, 15) is 0 Å². The number of allylic oxidation sites excluding steroid dienone is 2. The largest absolute Gasteiger partial charge is 0.0896 e. The number of benzene rings is 1. The van der Waals surface area contributed by atoms with Crippen LogP contribution in [0.3, 0.4) is 0 Å². The molecule has 0 aliphatic carbocycles. The second-order valence-corrected chi connectivity index (χ2v) is 12.1. The maximum atomic E-state index is 6.01. The molecule has 3 atom stereocenters. The first-order valence-corrected chi connectivity index (χ1v) is 9.87. The van der Waals surface area contributed by atoms with E-state index in [1.54, 1.807) is 0 Å². The van der Waals surface area contributed by atoms with Crippen LogP contribution >= 0.6 is 37.9 Å². The maximum absolute atomic E-state index is 6.01. The van der Waals surface area contributed by atoms with Crippen LogP contribution in [0.2, 0.25) is 0 Å². The zero-order valence-electron chi connectivity index (χ0n) is 9.15. The molecule has 0 aromatic heterocycles. The molecule has 16 heavy (non-hydrogen) atoms. The van der Waals surface area contributed by atoms with Crippen LogP contribution < -0.4 is 5.30 Å². The second-order valence-electron chi connectivity index (χ2n) is 4.08. The van der Waals surface area contributed by atoms with Crippen LogP contribution in [0.1, 0.15) is 13.8 Å². The van der Waals surface area contributed by atoms with Gasteiger partial charge in [-0.3, -0.25) is 0 Å². The number of hydrogen-bond donors (Lipinski definition) is 0. The smallest absolute Gasteiger partial charge is 0.0696 e. The summed E-state index contributed by atoms with van der Waals surface area (Å²) >= 11 is 13.6. The van der Waals surface area contributed by atoms with E-state index in [1.165, 1.54) is 16.5 Å². The SMILES string of the molecule is CC1=C(C)[C@H](Br)P(=S)(c2ccccc2)[C@@H]1Br. The molecule has 1 aliphatic rings. The summed E-state index contributed by atoms with van der Waals surface area (Å²) in [5.74, 6) is 0. The van der Waals surface area contributed by atoms with E-state index in [2.05, 4.69) is 70.0 Å². The molecule has 0 saturated heterocycles. The zero-order chi connectivity index (χ0) is 11.9. The predicted molar refractivity (Wildman–Crippen MR) is 84.2 cm³/mol. The first kappa shape index (κ1) is 13.0. The van der Waals surface area contributed by atoms with Crippen molar-refractivity contribution in [3.63, 3.8) is 0 Å². The topological polar surface area (TPSA) is 0 Å². The molecular formula is C12H13Br2PS. The van der Waals surface area contributed by atoms with Gasteiger partial charge >= 0.3 is 0 Å². The van der Waals surface area contributed by atoms with Gasteiger partial charge in [0, 0.05) is 6.04 Å². The highest BCUT2D eigenvalue weighted by Gasteiger charge is 2.43. The van der Waals surface area contributed by atoms with Crippen LogP contribution in [0.25, 0.3) is 0 Å². The van der Waals surface area contributed by atoms with Crippen molar-refractivity contribution < 1.29 is 0 Å². The Labute approximate surface area is 119 Å². The minimum atomic E-state index is -1.62. The van der Waals surface area contributed by atoms with Crippen molar-refractivity contribution in [2.75, 3.05) is 0 Å². The first-order valence-electron chi connectivity index (χ1n) is 5.10. The van der Waals surface area contributed by atoms with Crippen molar-refractivity contribution in [3.8, 4) is 0 Å². The Kier molecular flexibility index (Phi) is 3.81. The second kappa shape index (κ2) is 4.68. The Hall–Kier alpha value is 0.570. The molecule has 1 aromatic rings. The van der Waals surface area contributed by atoms with Crippen molar-refractivity contribution >= 4 is 55.0 Å². The summed E-state index contributed by atoms with van der Waals surface area (Å²) in [5, 5.41) is 1.31. The molecule has 1 aromatic carbocycles. The van der Waals surface area contributed by atoms with Gasteiger partial charge in [0.25, 0.3) is 0 Å². The van der Waals surface area contributed by atoms with E-state index in [0.717, 1.165) is 0 Å². The van der Waals surface area contributed by atoms with E-state index < -0.39 is 6.04 Å². The van der Waals surface area contributed by atoms with Crippen LogP contribution in [0, 0.1) is 0 Å². The fourth-order valence-corrected chi connectivity index (χ4v) is 10.8. The van der Waals surface area contributed by atoms with Crippen LogP contribution in [0.4, 0.5) is 0 Å². The third kappa shape index (κ3) is 1.80. The Morgan fingerprint density at radius 2 is 1.44 bits per heavy atom. The lowest BCUT2D eigenvalue weighted by Gasteiger charge is -2.25. The average molecular weight is 380 g/mol. The van der Waals surface area contributed by atoms with Gasteiger partial charge in [-0.1, -0.05) is 85.1 Å². The average Bonchev–Trinajstić information content (AvgIpc) is 2.47. The first-order chi connectivity index (χ1) is 7.49. The van der Waals surface area contributed by atoms with Gasteiger partial charge in [-0.25, -0.2) is 0 Å². The quantitative estimate of drug-likeness (QED) is 0.391. The molecule has 0 bridgehead atoms. The monoisotopic (exact) mass is 378 g/mol. The highest BCUT2D eigenvalue weighted by atomic mass is 79.9. The summed E-state index contributed by atoms with van der Waals surface area (Å²) < 4.78 is 0.670. The number of alkyl halides is 2. The van der Waals surface area contributed by atoms with E-state index in [-0.39, 0.29) is 0 Å². The third-order valence-corrected chi connectivity index (χ3v) is 15.2. The predicted octanol–water partition coefficient (Wildman–Crippen LogP) is 4.58. The minimum Gasteiger partial charge on any atom is -0.0896 e. The molecular weight excluding hydrogens is 367 g/mol. The molecule has 1 heterocycles. The fourth-order valence-electron chi connectivity index (χ4n) is 1.99. The molecule has 0 N–H and O–H groups in total. The van der Waals surface area contributed by atoms with Crippen molar-refractivity contribution in [3.05, 3.63) is 41.5 Å². The molecule has 0 radical (unpaired) electrons. The molecule has 0 amide bonds. The molecule has 1 aliphatic heterocycles. The minimum absolute atomic E-state index is 0.335. The Morgan fingerprint density at radius 3 is 1.88 bits per heavy atom. The van der Waals surface area contributed by atoms with Crippen LogP contribution in [-0.4, -0.2) is 9.14 Å². The van der Waals surface area contributed by atoms with E-state index in [4.69, 9.17) is 11.8 Å². The zero-order valence-corrected chi connectivity index (χ0v) is 14.0. The van der Waals surface area contributed by atoms with Gasteiger partial charge in [0.05, 0.1) is 9.14 Å². The van der Waals surface area contributed by atoms with Gasteiger partial charge in [0.15, 0.2) is 0 Å². The summed E-state index contributed by atoms with van der Waals surface area (Å²) in [5.41, 5.74) is 2.79. The van der Waals surface area contributed by atoms with Crippen molar-refractivity contribution in [1.29, 1.82) is 0 Å². The molecule has 4 heteroatoms. The highest BCUT2D eigenvalue weighted by molar-refractivity contribution is 9.13. The van der Waals surface area contributed by atoms with Gasteiger partial charge in [-0.05, 0) is 19.2 Å². The molecule has 0 nitrogen and oxygen atoms in total. The molecule has 0 spiro atoms. The lowest BCUT2D eigenvalue weighted by Crippen LogP contribution is -2.14. The number of hydrogen-bond acceptors (Lipinski definition) is 1. The highest BCUT2D eigenvalue weighted by Crippen LogP contribution is 2.68. The van der Waals surface area contributed by atoms with Gasteiger partial charge in [0.2, 0.25) is 0 Å². The number of halogens is 2. The fraction of sp³-hybridized carbons (Fsp3) is 0.333. The Balaban J connectivity index is 2.55. The Bertz CT molecular complexity index is 459. The standard InChI is InChI=1S/C12H13Br2PS/c1-8-9(2)12(14)15(16,11(8)13)10-6-4-3-5-7-10/h3-7,11-12H,1-2H3/t11-,12+,15?. The summed E-state index contributed by atoms with van der Waals surface area (Å²) in [6.07, 6.45) is 0. The van der Waals surface area contributed by atoms with Gasteiger partial charge in [-0.15, -0.1) is 0 Å². The van der Waals surface area contributed by atoms with E-state index in [1.807, 2.05) is 6.07 Å². The van der Waals surface area contributed by atoms with E-state index in [0.29, 0.717) is 9.14 Å². The summed E-state index contributed by atoms with van der Waals surface area (Å²) in [7, 11) is 0. The lowest BCUT2D eigenvalue weighted by atomic mass is 10.2. The maximum Gasteiger partial charge on any atom is 0.0696 e. The molecule has 1 unspecified atom stereocenters. The van der Waals surface area contributed by atoms with Gasteiger partial charge in [0.1, 0.15) is 0 Å². The molecule has 2 rings (SSSR count). The van der Waals surface area contributed by atoms with Crippen molar-refractivity contribution in [1.82, 2.24) is 0 Å².